The topological polar surface area (TPSA) is 26.0 Å². The fourth-order valence-electron chi connectivity index (χ4n) is 0.799. The Balaban J connectivity index is 2.72. The van der Waals surface area contributed by atoms with Gasteiger partial charge in [-0.1, -0.05) is 38.5 Å². The highest BCUT2D eigenvalue weighted by atomic mass is 127. The van der Waals surface area contributed by atoms with Crippen LogP contribution in [0, 0.1) is 0 Å². The monoisotopic (exact) mass is 357 g/mol. The number of alkyl halides is 1. The van der Waals surface area contributed by atoms with Gasteiger partial charge >= 0.3 is 0 Å². The third kappa shape index (κ3) is 3.14. The second-order valence-electron chi connectivity index (χ2n) is 2.22. The molecule has 1 nitrogen and oxygen atoms in total. The van der Waals surface area contributed by atoms with Crippen molar-refractivity contribution in [1.29, 1.82) is 0 Å². The lowest BCUT2D eigenvalue weighted by Gasteiger charge is -2.03. The first-order valence-corrected chi connectivity index (χ1v) is 6.78. The van der Waals surface area contributed by atoms with Crippen LogP contribution in [-0.2, 0) is 0 Å². The molecule has 0 spiro atoms. The van der Waals surface area contributed by atoms with Crippen molar-refractivity contribution in [1.82, 2.24) is 0 Å². The minimum Gasteiger partial charge on any atom is -0.398 e. The minimum absolute atomic E-state index is 0.860. The third-order valence-corrected chi connectivity index (χ3v) is 4.16. The maximum Gasteiger partial charge on any atom is 0.0463 e. The van der Waals surface area contributed by atoms with Crippen molar-refractivity contribution >= 4 is 56.0 Å². The van der Waals surface area contributed by atoms with E-state index < -0.39 is 0 Å². The van der Waals surface area contributed by atoms with Crippen LogP contribution in [0.2, 0.25) is 0 Å². The molecule has 0 amide bonds. The van der Waals surface area contributed by atoms with E-state index in [0.29, 0.717) is 0 Å². The molecule has 4 heteroatoms. The fraction of sp³-hybridized carbons (Fsp3) is 0.250. The summed E-state index contributed by atoms with van der Waals surface area (Å²) < 4.78 is 2.19. The first-order valence-electron chi connectivity index (χ1n) is 3.48. The molecule has 12 heavy (non-hydrogen) atoms. The van der Waals surface area contributed by atoms with Gasteiger partial charge in [0.05, 0.1) is 0 Å². The zero-order chi connectivity index (χ0) is 8.97. The van der Waals surface area contributed by atoms with Crippen molar-refractivity contribution < 1.29 is 0 Å². The van der Waals surface area contributed by atoms with E-state index >= 15 is 0 Å². The lowest BCUT2D eigenvalue weighted by atomic mass is 10.3. The second-order valence-corrected chi connectivity index (χ2v) is 5.35. The molecule has 0 heterocycles. The number of hydrogen-bond donors (Lipinski definition) is 1. The highest BCUT2D eigenvalue weighted by Crippen LogP contribution is 2.27. The molecule has 66 valence electrons. The Morgan fingerprint density at radius 3 is 2.83 bits per heavy atom. The van der Waals surface area contributed by atoms with Crippen molar-refractivity contribution in [2.24, 2.45) is 0 Å². The Hall–Kier alpha value is 0.580. The highest BCUT2D eigenvalue weighted by molar-refractivity contribution is 14.1. The largest absolute Gasteiger partial charge is 0.398 e. The summed E-state index contributed by atoms with van der Waals surface area (Å²) in [6.45, 7) is 0. The van der Waals surface area contributed by atoms with Crippen LogP contribution in [0.1, 0.15) is 0 Å². The molecule has 1 aromatic carbocycles. The van der Waals surface area contributed by atoms with E-state index in [1.165, 1.54) is 4.90 Å². The zero-order valence-electron chi connectivity index (χ0n) is 6.39. The SMILES string of the molecule is Nc1cc(Br)ccc1SCCI. The maximum absolute atomic E-state index is 5.81. The molecule has 0 saturated heterocycles. The molecule has 0 fully saturated rings. The van der Waals surface area contributed by atoms with Gasteiger partial charge in [0.15, 0.2) is 0 Å². The van der Waals surface area contributed by atoms with Gasteiger partial charge in [-0.05, 0) is 18.2 Å². The molecule has 0 saturated carbocycles. The first kappa shape index (κ1) is 10.7. The van der Waals surface area contributed by atoms with Crippen molar-refractivity contribution in [3.8, 4) is 0 Å². The van der Waals surface area contributed by atoms with E-state index in [0.717, 1.165) is 20.3 Å². The van der Waals surface area contributed by atoms with Crippen LogP contribution >= 0.6 is 50.3 Å². The van der Waals surface area contributed by atoms with Crippen LogP contribution in [-0.4, -0.2) is 10.2 Å². The van der Waals surface area contributed by atoms with E-state index in [9.17, 15) is 0 Å². The summed E-state index contributed by atoms with van der Waals surface area (Å²) in [6.07, 6.45) is 0. The number of hydrogen-bond acceptors (Lipinski definition) is 2. The number of nitrogen functional groups attached to an aromatic ring is 1. The molecule has 0 bridgehead atoms. The first-order chi connectivity index (χ1) is 5.74. The summed E-state index contributed by atoms with van der Waals surface area (Å²) in [5.74, 6) is 1.12. The molecule has 0 radical (unpaired) electrons. The van der Waals surface area contributed by atoms with Gasteiger partial charge in [-0.25, -0.2) is 0 Å². The standard InChI is InChI=1S/C8H9BrINS/c9-6-1-2-8(7(11)5-6)12-4-3-10/h1-2,5H,3-4,11H2. The number of nitrogens with two attached hydrogens (primary N) is 1. The van der Waals surface area contributed by atoms with Gasteiger partial charge in [-0.15, -0.1) is 11.8 Å². The minimum atomic E-state index is 0.860. The summed E-state index contributed by atoms with van der Waals surface area (Å²) in [7, 11) is 0. The molecule has 0 atom stereocenters. The van der Waals surface area contributed by atoms with Gasteiger partial charge < -0.3 is 5.73 Å². The second kappa shape index (κ2) is 5.34. The number of thioether (sulfide) groups is 1. The predicted molar refractivity (Wildman–Crippen MR) is 68.2 cm³/mol. The van der Waals surface area contributed by atoms with Crippen molar-refractivity contribution in [2.45, 2.75) is 4.90 Å². The Kier molecular flexibility index (Phi) is 4.74. The van der Waals surface area contributed by atoms with Crippen molar-refractivity contribution in [2.75, 3.05) is 15.9 Å². The van der Waals surface area contributed by atoms with Gasteiger partial charge in [0.2, 0.25) is 0 Å². The van der Waals surface area contributed by atoms with Crippen LogP contribution < -0.4 is 5.73 Å². The lowest BCUT2D eigenvalue weighted by Crippen LogP contribution is -1.89. The number of benzene rings is 1. The summed E-state index contributed by atoms with van der Waals surface area (Å²) in [4.78, 5) is 1.18. The van der Waals surface area contributed by atoms with E-state index in [2.05, 4.69) is 44.6 Å². The van der Waals surface area contributed by atoms with E-state index in [1.807, 2.05) is 12.1 Å². The van der Waals surface area contributed by atoms with E-state index in [-0.39, 0.29) is 0 Å². The van der Waals surface area contributed by atoms with Crippen molar-refractivity contribution in [3.05, 3.63) is 22.7 Å². The maximum atomic E-state index is 5.81. The van der Waals surface area contributed by atoms with Crippen LogP contribution in [0.4, 0.5) is 5.69 Å². The zero-order valence-corrected chi connectivity index (χ0v) is 10.9. The Morgan fingerprint density at radius 2 is 2.25 bits per heavy atom. The molecule has 0 aliphatic heterocycles. The molecule has 1 rings (SSSR count). The molecule has 1 aromatic rings. The Labute approximate surface area is 98.8 Å². The highest BCUT2D eigenvalue weighted by Gasteiger charge is 1.98. The average molecular weight is 358 g/mol. The van der Waals surface area contributed by atoms with Crippen LogP contribution in [0.25, 0.3) is 0 Å². The molecule has 0 aliphatic rings. The summed E-state index contributed by atoms with van der Waals surface area (Å²) in [5.41, 5.74) is 6.67. The van der Waals surface area contributed by atoms with Gasteiger partial charge in [-0.3, -0.25) is 0 Å². The van der Waals surface area contributed by atoms with Gasteiger partial charge in [-0.2, -0.15) is 0 Å². The summed E-state index contributed by atoms with van der Waals surface area (Å²) in [6, 6.07) is 6.01. The van der Waals surface area contributed by atoms with Gasteiger partial charge in [0.25, 0.3) is 0 Å². The molecule has 0 aliphatic carbocycles. The Bertz CT molecular complexity index is 267. The average Bonchev–Trinajstić information content (AvgIpc) is 2.03. The number of anilines is 1. The molecule has 2 N–H and O–H groups in total. The quantitative estimate of drug-likeness (QED) is 0.387. The number of rotatable bonds is 3. The van der Waals surface area contributed by atoms with E-state index in [1.54, 1.807) is 11.8 Å². The smallest absolute Gasteiger partial charge is 0.0463 e. The van der Waals surface area contributed by atoms with Crippen molar-refractivity contribution in [3.63, 3.8) is 0 Å². The van der Waals surface area contributed by atoms with Gasteiger partial charge in [0, 0.05) is 25.2 Å². The Morgan fingerprint density at radius 1 is 1.50 bits per heavy atom. The van der Waals surface area contributed by atoms with Crippen LogP contribution in [0.5, 0.6) is 0 Å². The van der Waals surface area contributed by atoms with E-state index in [4.69, 9.17) is 5.73 Å². The lowest BCUT2D eigenvalue weighted by molar-refractivity contribution is 1.43. The number of halogens is 2. The molecular formula is C8H9BrINS. The third-order valence-electron chi connectivity index (χ3n) is 1.31. The van der Waals surface area contributed by atoms with Crippen LogP contribution in [0.3, 0.4) is 0 Å². The summed E-state index contributed by atoms with van der Waals surface area (Å²) >= 11 is 7.54. The molecular weight excluding hydrogens is 349 g/mol. The fourth-order valence-corrected chi connectivity index (χ4v) is 2.53. The predicted octanol–water partition coefficient (Wildman–Crippen LogP) is 3.56. The summed E-state index contributed by atoms with van der Waals surface area (Å²) in [5, 5.41) is 0. The van der Waals surface area contributed by atoms with Crippen LogP contribution in [0.15, 0.2) is 27.6 Å². The normalized spacial score (nSPS) is 10.2. The molecule has 0 unspecified atom stereocenters. The van der Waals surface area contributed by atoms with Gasteiger partial charge in [0.1, 0.15) is 0 Å². The molecule has 0 aromatic heterocycles.